The van der Waals surface area contributed by atoms with E-state index in [-0.39, 0.29) is 23.7 Å². The summed E-state index contributed by atoms with van der Waals surface area (Å²) < 4.78 is 1.10. The van der Waals surface area contributed by atoms with Crippen molar-refractivity contribution in [2.75, 3.05) is 20.1 Å². The first kappa shape index (κ1) is 16.5. The van der Waals surface area contributed by atoms with E-state index in [9.17, 15) is 4.79 Å². The quantitative estimate of drug-likeness (QED) is 0.830. The van der Waals surface area contributed by atoms with E-state index < -0.39 is 0 Å². The Kier molecular flexibility index (Phi) is 6.30. The third kappa shape index (κ3) is 4.48. The van der Waals surface area contributed by atoms with Gasteiger partial charge in [-0.3, -0.25) is 4.79 Å². The summed E-state index contributed by atoms with van der Waals surface area (Å²) >= 11 is 3.50. The normalized spacial score (nSPS) is 15.5. The van der Waals surface area contributed by atoms with E-state index in [1.54, 1.807) is 0 Å². The highest BCUT2D eigenvalue weighted by Crippen LogP contribution is 2.48. The van der Waals surface area contributed by atoms with Crippen LogP contribution >= 0.6 is 28.3 Å². The van der Waals surface area contributed by atoms with Gasteiger partial charge in [-0.25, -0.2) is 0 Å². The van der Waals surface area contributed by atoms with Gasteiger partial charge in [0.25, 0.3) is 0 Å². The number of benzene rings is 1. The predicted molar refractivity (Wildman–Crippen MR) is 83.9 cm³/mol. The fourth-order valence-electron chi connectivity index (χ4n) is 2.13. The van der Waals surface area contributed by atoms with Crippen molar-refractivity contribution in [3.63, 3.8) is 0 Å². The predicted octanol–water partition coefficient (Wildman–Crippen LogP) is 2.63. The van der Waals surface area contributed by atoms with Crippen LogP contribution in [0.3, 0.4) is 0 Å². The Morgan fingerprint density at radius 1 is 1.42 bits per heavy atom. The van der Waals surface area contributed by atoms with Crippen molar-refractivity contribution in [1.29, 1.82) is 0 Å². The fourth-order valence-corrected chi connectivity index (χ4v) is 2.53. The molecule has 0 saturated heterocycles. The zero-order valence-electron chi connectivity index (χ0n) is 11.0. The van der Waals surface area contributed by atoms with Crippen LogP contribution in [0, 0.1) is 0 Å². The molecule has 5 heteroatoms. The maximum atomic E-state index is 11.6. The second-order valence-corrected chi connectivity index (χ2v) is 5.84. The Morgan fingerprint density at radius 3 is 2.74 bits per heavy atom. The van der Waals surface area contributed by atoms with E-state index in [0.29, 0.717) is 6.42 Å². The molecule has 0 aromatic heterocycles. The van der Waals surface area contributed by atoms with Crippen molar-refractivity contribution >= 4 is 34.2 Å². The van der Waals surface area contributed by atoms with Crippen LogP contribution < -0.4 is 10.6 Å². The van der Waals surface area contributed by atoms with Crippen molar-refractivity contribution in [2.45, 2.75) is 24.7 Å². The van der Waals surface area contributed by atoms with E-state index in [1.165, 1.54) is 5.56 Å². The first-order valence-electron chi connectivity index (χ1n) is 6.34. The van der Waals surface area contributed by atoms with Crippen molar-refractivity contribution < 1.29 is 4.79 Å². The molecule has 0 unspecified atom stereocenters. The number of rotatable bonds is 6. The van der Waals surface area contributed by atoms with Gasteiger partial charge in [-0.2, -0.15) is 0 Å². The molecular weight excluding hydrogens is 328 g/mol. The maximum Gasteiger partial charge on any atom is 0.221 e. The lowest BCUT2D eigenvalue weighted by molar-refractivity contribution is -0.121. The van der Waals surface area contributed by atoms with Crippen molar-refractivity contribution in [2.24, 2.45) is 0 Å². The Bertz CT molecular complexity index is 435. The Balaban J connectivity index is 0.00000180. The Labute approximate surface area is 129 Å². The van der Waals surface area contributed by atoms with Gasteiger partial charge in [-0.1, -0.05) is 28.1 Å². The first-order valence-corrected chi connectivity index (χ1v) is 7.13. The largest absolute Gasteiger partial charge is 0.355 e. The van der Waals surface area contributed by atoms with E-state index in [1.807, 2.05) is 13.1 Å². The molecule has 1 aromatic carbocycles. The zero-order chi connectivity index (χ0) is 13.0. The third-order valence-corrected chi connectivity index (χ3v) is 4.01. The van der Waals surface area contributed by atoms with Crippen molar-refractivity contribution in [1.82, 2.24) is 10.6 Å². The Hall–Kier alpha value is -0.580. The number of nitrogens with one attached hydrogen (secondary N) is 2. The van der Waals surface area contributed by atoms with Crippen LogP contribution in [0.1, 0.15) is 24.8 Å². The summed E-state index contributed by atoms with van der Waals surface area (Å²) in [6.07, 6.45) is 2.87. The van der Waals surface area contributed by atoms with Gasteiger partial charge in [0.1, 0.15) is 0 Å². The van der Waals surface area contributed by atoms with Gasteiger partial charge >= 0.3 is 0 Å². The van der Waals surface area contributed by atoms with Crippen LogP contribution in [0.4, 0.5) is 0 Å². The monoisotopic (exact) mass is 346 g/mol. The standard InChI is InChI=1S/C14H19BrN2O.ClH/c1-16-8-5-13(18)17-10-14(6-7-14)11-3-2-4-12(15)9-11;/h2-4,9,16H,5-8,10H2,1H3,(H,17,18);1H. The number of hydrogen-bond acceptors (Lipinski definition) is 2. The molecule has 1 fully saturated rings. The lowest BCUT2D eigenvalue weighted by Crippen LogP contribution is -2.33. The van der Waals surface area contributed by atoms with Gasteiger partial charge in [0, 0.05) is 29.4 Å². The molecule has 1 amide bonds. The number of amides is 1. The summed E-state index contributed by atoms with van der Waals surface area (Å²) in [5.74, 6) is 0.130. The minimum absolute atomic E-state index is 0. The molecule has 0 bridgehead atoms. The summed E-state index contributed by atoms with van der Waals surface area (Å²) in [5.41, 5.74) is 1.50. The molecule has 3 nitrogen and oxygen atoms in total. The minimum atomic E-state index is 0. The van der Waals surface area contributed by atoms with E-state index in [0.717, 1.165) is 30.4 Å². The lowest BCUT2D eigenvalue weighted by atomic mass is 9.96. The SMILES string of the molecule is CNCCC(=O)NCC1(c2cccc(Br)c2)CC1.Cl. The van der Waals surface area contributed by atoms with E-state index in [4.69, 9.17) is 0 Å². The smallest absolute Gasteiger partial charge is 0.221 e. The van der Waals surface area contributed by atoms with E-state index in [2.05, 4.69) is 44.8 Å². The average Bonchev–Trinajstić information content (AvgIpc) is 3.15. The maximum absolute atomic E-state index is 11.6. The topological polar surface area (TPSA) is 41.1 Å². The van der Waals surface area contributed by atoms with Gasteiger partial charge in [0.15, 0.2) is 0 Å². The molecule has 1 aliphatic carbocycles. The zero-order valence-corrected chi connectivity index (χ0v) is 13.4. The summed E-state index contributed by atoms with van der Waals surface area (Å²) in [6.45, 7) is 1.49. The van der Waals surface area contributed by atoms with Crippen LogP contribution in [0.15, 0.2) is 28.7 Å². The molecule has 2 rings (SSSR count). The number of halogens is 2. The summed E-state index contributed by atoms with van der Waals surface area (Å²) in [4.78, 5) is 11.6. The minimum Gasteiger partial charge on any atom is -0.355 e. The summed E-state index contributed by atoms with van der Waals surface area (Å²) in [7, 11) is 1.86. The Morgan fingerprint density at radius 2 is 2.16 bits per heavy atom. The lowest BCUT2D eigenvalue weighted by Gasteiger charge is -2.17. The molecule has 0 spiro atoms. The van der Waals surface area contributed by atoms with Gasteiger partial charge in [-0.05, 0) is 37.6 Å². The van der Waals surface area contributed by atoms with Gasteiger partial charge in [0.2, 0.25) is 5.91 Å². The molecule has 0 radical (unpaired) electrons. The molecule has 1 aliphatic rings. The van der Waals surface area contributed by atoms with Gasteiger partial charge < -0.3 is 10.6 Å². The molecule has 106 valence electrons. The number of carbonyl (C=O) groups excluding carboxylic acids is 1. The van der Waals surface area contributed by atoms with Crippen LogP contribution in [0.25, 0.3) is 0 Å². The van der Waals surface area contributed by atoms with Crippen molar-refractivity contribution in [3.05, 3.63) is 34.3 Å². The number of carbonyl (C=O) groups is 1. The second kappa shape index (κ2) is 7.27. The summed E-state index contributed by atoms with van der Waals surface area (Å²) in [5, 5.41) is 6.03. The molecule has 1 aromatic rings. The van der Waals surface area contributed by atoms with Crippen LogP contribution in [-0.4, -0.2) is 26.0 Å². The number of hydrogen-bond donors (Lipinski definition) is 2. The molecule has 1 saturated carbocycles. The molecule has 2 N–H and O–H groups in total. The summed E-state index contributed by atoms with van der Waals surface area (Å²) in [6, 6.07) is 8.40. The second-order valence-electron chi connectivity index (χ2n) is 4.92. The molecule has 19 heavy (non-hydrogen) atoms. The van der Waals surface area contributed by atoms with Crippen LogP contribution in [0.2, 0.25) is 0 Å². The molecule has 0 heterocycles. The molecule has 0 atom stereocenters. The van der Waals surface area contributed by atoms with Gasteiger partial charge in [-0.15, -0.1) is 12.4 Å². The van der Waals surface area contributed by atoms with Gasteiger partial charge in [0.05, 0.1) is 0 Å². The fraction of sp³-hybridized carbons (Fsp3) is 0.500. The average molecular weight is 348 g/mol. The highest BCUT2D eigenvalue weighted by atomic mass is 79.9. The van der Waals surface area contributed by atoms with E-state index >= 15 is 0 Å². The van der Waals surface area contributed by atoms with Crippen molar-refractivity contribution in [3.8, 4) is 0 Å². The first-order chi connectivity index (χ1) is 8.66. The molecule has 0 aliphatic heterocycles. The van der Waals surface area contributed by atoms with Crippen LogP contribution in [0.5, 0.6) is 0 Å². The highest BCUT2D eigenvalue weighted by Gasteiger charge is 2.44. The molecular formula is C14H20BrClN2O. The third-order valence-electron chi connectivity index (χ3n) is 3.52. The highest BCUT2D eigenvalue weighted by molar-refractivity contribution is 9.10. The van der Waals surface area contributed by atoms with Crippen LogP contribution in [-0.2, 0) is 10.2 Å².